The quantitative estimate of drug-likeness (QED) is 0.188. The highest BCUT2D eigenvalue weighted by Gasteiger charge is 2.23. The molecule has 4 heteroatoms. The molecule has 0 atom stereocenters. The Balaban J connectivity index is 1.24. The van der Waals surface area contributed by atoms with Crippen LogP contribution in [-0.4, -0.2) is 4.57 Å². The van der Waals surface area contributed by atoms with Crippen LogP contribution in [0.1, 0.15) is 0 Å². The van der Waals surface area contributed by atoms with E-state index in [0.717, 1.165) is 44.4 Å². The summed E-state index contributed by atoms with van der Waals surface area (Å²) in [5, 5.41) is 9.62. The maximum absolute atomic E-state index is 6.27. The first-order valence-electron chi connectivity index (χ1n) is 16.9. The molecule has 3 heterocycles. The summed E-state index contributed by atoms with van der Waals surface area (Å²) >= 11 is 1.87. The molecule has 0 N–H and O–H groups in total. The minimum Gasteiger partial charge on any atom is -0.456 e. The van der Waals surface area contributed by atoms with E-state index in [9.17, 15) is 0 Å². The van der Waals surface area contributed by atoms with Crippen LogP contribution in [0.2, 0.25) is 0 Å². The number of benzene rings is 8. The summed E-state index contributed by atoms with van der Waals surface area (Å²) < 4.78 is 11.2. The molecule has 11 rings (SSSR count). The van der Waals surface area contributed by atoms with E-state index in [1.54, 1.807) is 0 Å². The molecule has 11 aromatic rings. The van der Waals surface area contributed by atoms with Crippen molar-refractivity contribution in [1.82, 2.24) is 4.57 Å². The van der Waals surface area contributed by atoms with E-state index >= 15 is 0 Å². The van der Waals surface area contributed by atoms with E-state index in [2.05, 4.69) is 167 Å². The van der Waals surface area contributed by atoms with Crippen LogP contribution in [0.5, 0.6) is 0 Å². The molecule has 0 radical (unpaired) electrons. The Kier molecular flexibility index (Phi) is 5.83. The van der Waals surface area contributed by atoms with Crippen molar-refractivity contribution in [3.8, 4) is 5.69 Å². The highest BCUT2D eigenvalue weighted by molar-refractivity contribution is 7.26. The van der Waals surface area contributed by atoms with Gasteiger partial charge in [-0.15, -0.1) is 11.3 Å². The van der Waals surface area contributed by atoms with Gasteiger partial charge >= 0.3 is 0 Å². The zero-order valence-corrected chi connectivity index (χ0v) is 27.7. The van der Waals surface area contributed by atoms with Gasteiger partial charge in [-0.25, -0.2) is 0 Å². The van der Waals surface area contributed by atoms with Gasteiger partial charge in [-0.2, -0.15) is 0 Å². The third kappa shape index (κ3) is 3.97. The number of thiophene rings is 1. The van der Waals surface area contributed by atoms with Crippen LogP contribution in [0.15, 0.2) is 174 Å². The average molecular weight is 657 g/mol. The minimum atomic E-state index is 0.914. The van der Waals surface area contributed by atoms with Crippen LogP contribution in [0.25, 0.3) is 80.4 Å². The van der Waals surface area contributed by atoms with Crippen molar-refractivity contribution in [2.45, 2.75) is 0 Å². The molecule has 0 spiro atoms. The number of para-hydroxylation sites is 3. The van der Waals surface area contributed by atoms with Crippen molar-refractivity contribution in [3.05, 3.63) is 170 Å². The lowest BCUT2D eigenvalue weighted by molar-refractivity contribution is 0.669. The molecule has 3 aromatic heterocycles. The van der Waals surface area contributed by atoms with Crippen LogP contribution in [0.4, 0.5) is 17.1 Å². The van der Waals surface area contributed by atoms with E-state index < -0.39 is 0 Å². The minimum absolute atomic E-state index is 0.914. The molecule has 234 valence electrons. The van der Waals surface area contributed by atoms with Crippen LogP contribution >= 0.6 is 11.3 Å². The number of nitrogens with zero attached hydrogens (tertiary/aromatic N) is 2. The zero-order valence-electron chi connectivity index (χ0n) is 26.9. The fourth-order valence-corrected chi connectivity index (χ4v) is 9.16. The fraction of sp³-hybridized carbons (Fsp3) is 0. The summed E-state index contributed by atoms with van der Waals surface area (Å²) in [5.74, 6) is 0. The Bertz CT molecular complexity index is 3110. The first-order chi connectivity index (χ1) is 24.8. The number of hydrogen-bond acceptors (Lipinski definition) is 3. The fourth-order valence-electron chi connectivity index (χ4n) is 7.95. The summed E-state index contributed by atoms with van der Waals surface area (Å²) in [6.45, 7) is 0. The lowest BCUT2D eigenvalue weighted by Gasteiger charge is -2.27. The van der Waals surface area contributed by atoms with E-state index in [4.69, 9.17) is 4.42 Å². The molecule has 0 amide bonds. The number of anilines is 3. The van der Waals surface area contributed by atoms with Gasteiger partial charge in [0.1, 0.15) is 11.2 Å². The molecule has 50 heavy (non-hydrogen) atoms. The van der Waals surface area contributed by atoms with Crippen molar-refractivity contribution in [3.63, 3.8) is 0 Å². The topological polar surface area (TPSA) is 21.3 Å². The maximum atomic E-state index is 6.27. The molecule has 0 bridgehead atoms. The van der Waals surface area contributed by atoms with Gasteiger partial charge in [0.05, 0.1) is 27.1 Å². The molecular weight excluding hydrogens is 629 g/mol. The molecule has 0 saturated carbocycles. The summed E-state index contributed by atoms with van der Waals surface area (Å²) in [5.41, 5.74) is 8.77. The number of furan rings is 1. The van der Waals surface area contributed by atoms with Crippen molar-refractivity contribution in [2.24, 2.45) is 0 Å². The summed E-state index contributed by atoms with van der Waals surface area (Å²) in [7, 11) is 0. The lowest BCUT2D eigenvalue weighted by Crippen LogP contribution is -2.10. The Morgan fingerprint density at radius 1 is 0.460 bits per heavy atom. The van der Waals surface area contributed by atoms with E-state index in [1.807, 2.05) is 23.5 Å². The third-order valence-corrected chi connectivity index (χ3v) is 11.3. The normalized spacial score (nSPS) is 12.0. The predicted molar refractivity (Wildman–Crippen MR) is 213 cm³/mol. The predicted octanol–water partition coefficient (Wildman–Crippen LogP) is 13.7. The van der Waals surface area contributed by atoms with Gasteiger partial charge < -0.3 is 13.9 Å². The molecule has 0 aliphatic heterocycles. The van der Waals surface area contributed by atoms with Crippen molar-refractivity contribution >= 4 is 103 Å². The summed E-state index contributed by atoms with van der Waals surface area (Å²) in [6.07, 6.45) is 0. The molecule has 8 aromatic carbocycles. The van der Waals surface area contributed by atoms with Gasteiger partial charge in [-0.05, 0) is 83.6 Å². The molecule has 3 nitrogen and oxygen atoms in total. The highest BCUT2D eigenvalue weighted by atomic mass is 32.1. The molecular formula is C46H28N2OS. The first-order valence-corrected chi connectivity index (χ1v) is 17.7. The SMILES string of the molecule is c1ccc(-n2c3ccccc3c3c(N(c4ccc5cc6oc7ccccc7c6cc5c4)c4cccc5c4sc4ccccc45)cccc32)cc1. The van der Waals surface area contributed by atoms with Gasteiger partial charge in [-0.3, -0.25) is 0 Å². The number of aromatic nitrogens is 1. The molecule has 0 fully saturated rings. The number of fused-ring (bicyclic) bond motifs is 10. The Hall–Kier alpha value is -6.36. The third-order valence-electron chi connectivity index (χ3n) is 10.1. The van der Waals surface area contributed by atoms with Gasteiger partial charge in [0.25, 0.3) is 0 Å². The van der Waals surface area contributed by atoms with E-state index in [0.29, 0.717) is 0 Å². The number of hydrogen-bond donors (Lipinski definition) is 0. The van der Waals surface area contributed by atoms with Crippen molar-refractivity contribution < 1.29 is 4.42 Å². The second kappa shape index (κ2) is 10.6. The highest BCUT2D eigenvalue weighted by Crippen LogP contribution is 2.49. The maximum Gasteiger partial charge on any atom is 0.136 e. The standard InChI is InChI=1S/C46H28N2OS/c1-2-12-31(13-3-1)47-38-18-7-4-16-36(38)45-39(47)19-11-20-40(45)48(41-21-10-17-35-34-15-6-9-23-44(34)50-46(35)41)32-25-24-29-28-43-37(27-30(29)26-32)33-14-5-8-22-42(33)49-43/h1-28H. The van der Waals surface area contributed by atoms with E-state index in [-0.39, 0.29) is 0 Å². The van der Waals surface area contributed by atoms with Crippen molar-refractivity contribution in [1.29, 1.82) is 0 Å². The molecule has 0 aliphatic carbocycles. The van der Waals surface area contributed by atoms with Crippen molar-refractivity contribution in [2.75, 3.05) is 4.90 Å². The van der Waals surface area contributed by atoms with Crippen LogP contribution in [0, 0.1) is 0 Å². The Morgan fingerprint density at radius 2 is 1.18 bits per heavy atom. The smallest absolute Gasteiger partial charge is 0.136 e. The van der Waals surface area contributed by atoms with Gasteiger partial charge in [-0.1, -0.05) is 97.1 Å². The second-order valence-electron chi connectivity index (χ2n) is 12.9. The number of rotatable bonds is 4. The van der Waals surface area contributed by atoms with Gasteiger partial charge in [0.15, 0.2) is 0 Å². The summed E-state index contributed by atoms with van der Waals surface area (Å²) in [4.78, 5) is 2.49. The monoisotopic (exact) mass is 656 g/mol. The van der Waals surface area contributed by atoms with Gasteiger partial charge in [0.2, 0.25) is 0 Å². The van der Waals surface area contributed by atoms with Crippen LogP contribution < -0.4 is 4.90 Å². The molecule has 0 unspecified atom stereocenters. The van der Waals surface area contributed by atoms with E-state index in [1.165, 1.54) is 53.1 Å². The Morgan fingerprint density at radius 3 is 2.10 bits per heavy atom. The lowest BCUT2D eigenvalue weighted by atomic mass is 10.0. The largest absolute Gasteiger partial charge is 0.456 e. The zero-order chi connectivity index (χ0) is 32.8. The molecule has 0 saturated heterocycles. The second-order valence-corrected chi connectivity index (χ2v) is 14.0. The Labute approximate surface area is 291 Å². The summed E-state index contributed by atoms with van der Waals surface area (Å²) in [6, 6.07) is 61.4. The van der Waals surface area contributed by atoms with Crippen LogP contribution in [-0.2, 0) is 0 Å². The average Bonchev–Trinajstić information content (AvgIpc) is 3.84. The van der Waals surface area contributed by atoms with Crippen LogP contribution in [0.3, 0.4) is 0 Å². The van der Waals surface area contributed by atoms with Gasteiger partial charge in [0, 0.05) is 48.4 Å². The molecule has 0 aliphatic rings. The first kappa shape index (κ1) is 27.6.